The van der Waals surface area contributed by atoms with E-state index in [2.05, 4.69) is 23.9 Å². The average Bonchev–Trinajstić information content (AvgIpc) is 2.39. The number of nitrogens with zero attached hydrogens (tertiary/aromatic N) is 2. The highest BCUT2D eigenvalue weighted by Crippen LogP contribution is 2.29. The van der Waals surface area contributed by atoms with E-state index in [1.54, 1.807) is 6.20 Å². The molecule has 100 valence electrons. The SMILES string of the molecule is CCC1CCC(N(C)Cc2cc(N)ccn2)CC1. The van der Waals surface area contributed by atoms with Crippen molar-refractivity contribution in [1.29, 1.82) is 0 Å². The van der Waals surface area contributed by atoms with E-state index in [1.165, 1.54) is 32.1 Å². The molecular weight excluding hydrogens is 222 g/mol. The van der Waals surface area contributed by atoms with Crippen LogP contribution in [0.4, 0.5) is 5.69 Å². The number of hydrogen-bond acceptors (Lipinski definition) is 3. The Bertz CT molecular complexity index is 370. The van der Waals surface area contributed by atoms with E-state index in [-0.39, 0.29) is 0 Å². The zero-order valence-electron chi connectivity index (χ0n) is 11.6. The molecular formula is C15H25N3. The van der Waals surface area contributed by atoms with Gasteiger partial charge in [-0.15, -0.1) is 0 Å². The van der Waals surface area contributed by atoms with Crippen molar-refractivity contribution in [3.63, 3.8) is 0 Å². The molecule has 0 aliphatic heterocycles. The molecule has 0 radical (unpaired) electrons. The van der Waals surface area contributed by atoms with E-state index >= 15 is 0 Å². The first-order valence-electron chi connectivity index (χ1n) is 7.09. The normalized spacial score (nSPS) is 24.4. The number of aromatic nitrogens is 1. The lowest BCUT2D eigenvalue weighted by Crippen LogP contribution is -2.34. The highest BCUT2D eigenvalue weighted by atomic mass is 15.1. The molecule has 1 aliphatic rings. The van der Waals surface area contributed by atoms with Crippen molar-refractivity contribution in [2.45, 2.75) is 51.6 Å². The minimum atomic E-state index is 0.719. The Hall–Kier alpha value is -1.09. The second-order valence-electron chi connectivity index (χ2n) is 5.58. The molecule has 2 rings (SSSR count). The summed E-state index contributed by atoms with van der Waals surface area (Å²) in [4.78, 5) is 6.82. The maximum Gasteiger partial charge on any atom is 0.0564 e. The van der Waals surface area contributed by atoms with Crippen LogP contribution in [0, 0.1) is 5.92 Å². The second-order valence-corrected chi connectivity index (χ2v) is 5.58. The van der Waals surface area contributed by atoms with Gasteiger partial charge in [-0.05, 0) is 50.8 Å². The van der Waals surface area contributed by atoms with Crippen molar-refractivity contribution in [2.24, 2.45) is 5.92 Å². The Morgan fingerprint density at radius 1 is 1.33 bits per heavy atom. The lowest BCUT2D eigenvalue weighted by molar-refractivity contribution is 0.156. The van der Waals surface area contributed by atoms with Crippen LogP contribution in [-0.4, -0.2) is 23.0 Å². The monoisotopic (exact) mass is 247 g/mol. The number of nitrogens with two attached hydrogens (primary N) is 1. The zero-order chi connectivity index (χ0) is 13.0. The highest BCUT2D eigenvalue weighted by molar-refractivity contribution is 5.37. The van der Waals surface area contributed by atoms with Crippen molar-refractivity contribution in [2.75, 3.05) is 12.8 Å². The van der Waals surface area contributed by atoms with Crippen LogP contribution in [0.5, 0.6) is 0 Å². The third-order valence-electron chi connectivity index (χ3n) is 4.27. The summed E-state index contributed by atoms with van der Waals surface area (Å²) in [6.45, 7) is 3.22. The molecule has 1 fully saturated rings. The molecule has 0 spiro atoms. The Labute approximate surface area is 110 Å². The van der Waals surface area contributed by atoms with Crippen LogP contribution in [0.1, 0.15) is 44.7 Å². The first-order chi connectivity index (χ1) is 8.69. The van der Waals surface area contributed by atoms with Crippen LogP contribution < -0.4 is 5.73 Å². The van der Waals surface area contributed by atoms with Crippen LogP contribution in [0.25, 0.3) is 0 Å². The second kappa shape index (κ2) is 6.19. The van der Waals surface area contributed by atoms with Crippen LogP contribution in [-0.2, 0) is 6.54 Å². The minimum Gasteiger partial charge on any atom is -0.399 e. The van der Waals surface area contributed by atoms with Gasteiger partial charge in [0.1, 0.15) is 0 Å². The summed E-state index contributed by atoms with van der Waals surface area (Å²) in [6.07, 6.45) is 8.57. The van der Waals surface area contributed by atoms with Crippen molar-refractivity contribution < 1.29 is 0 Å². The smallest absolute Gasteiger partial charge is 0.0564 e. The molecule has 0 saturated heterocycles. The number of pyridine rings is 1. The van der Waals surface area contributed by atoms with Gasteiger partial charge in [0.15, 0.2) is 0 Å². The first kappa shape index (κ1) is 13.3. The third-order valence-corrected chi connectivity index (χ3v) is 4.27. The summed E-state index contributed by atoms with van der Waals surface area (Å²) in [5.41, 5.74) is 7.68. The molecule has 0 atom stereocenters. The number of anilines is 1. The predicted molar refractivity (Wildman–Crippen MR) is 76.2 cm³/mol. The van der Waals surface area contributed by atoms with Crippen molar-refractivity contribution in [3.8, 4) is 0 Å². The Morgan fingerprint density at radius 2 is 2.06 bits per heavy atom. The highest BCUT2D eigenvalue weighted by Gasteiger charge is 2.23. The standard InChI is InChI=1S/C15H25N3/c1-3-12-4-6-15(7-5-12)18(2)11-14-10-13(16)8-9-17-14/h8-10,12,15H,3-7,11H2,1-2H3,(H2,16,17). The summed E-state index contributed by atoms with van der Waals surface area (Å²) < 4.78 is 0. The summed E-state index contributed by atoms with van der Waals surface area (Å²) in [5, 5.41) is 0. The molecule has 3 nitrogen and oxygen atoms in total. The van der Waals surface area contributed by atoms with Gasteiger partial charge in [-0.1, -0.05) is 13.3 Å². The molecule has 0 bridgehead atoms. The Morgan fingerprint density at radius 3 is 2.67 bits per heavy atom. The maximum atomic E-state index is 5.79. The van der Waals surface area contributed by atoms with Gasteiger partial charge in [-0.3, -0.25) is 9.88 Å². The van der Waals surface area contributed by atoms with Crippen molar-refractivity contribution in [1.82, 2.24) is 9.88 Å². The van der Waals surface area contributed by atoms with E-state index in [4.69, 9.17) is 5.73 Å². The lowest BCUT2D eigenvalue weighted by atomic mass is 9.84. The van der Waals surface area contributed by atoms with Crippen LogP contribution >= 0.6 is 0 Å². The van der Waals surface area contributed by atoms with Crippen LogP contribution in [0.15, 0.2) is 18.3 Å². The fourth-order valence-electron chi connectivity index (χ4n) is 2.96. The molecule has 1 heterocycles. The van der Waals surface area contributed by atoms with Crippen LogP contribution in [0.3, 0.4) is 0 Å². The molecule has 0 unspecified atom stereocenters. The van der Waals surface area contributed by atoms with Gasteiger partial charge in [-0.2, -0.15) is 0 Å². The van der Waals surface area contributed by atoms with E-state index < -0.39 is 0 Å². The molecule has 0 aromatic carbocycles. The topological polar surface area (TPSA) is 42.1 Å². The first-order valence-corrected chi connectivity index (χ1v) is 7.09. The molecule has 1 aliphatic carbocycles. The number of rotatable bonds is 4. The minimum absolute atomic E-state index is 0.719. The van der Waals surface area contributed by atoms with Gasteiger partial charge in [0, 0.05) is 24.5 Å². The van der Waals surface area contributed by atoms with E-state index in [0.717, 1.165) is 29.9 Å². The van der Waals surface area contributed by atoms with Crippen molar-refractivity contribution in [3.05, 3.63) is 24.0 Å². The molecule has 0 amide bonds. The molecule has 2 N–H and O–H groups in total. The zero-order valence-corrected chi connectivity index (χ0v) is 11.6. The molecule has 1 aromatic rings. The van der Waals surface area contributed by atoms with Gasteiger partial charge in [0.05, 0.1) is 5.69 Å². The lowest BCUT2D eigenvalue weighted by Gasteiger charge is -2.34. The molecule has 1 saturated carbocycles. The maximum absolute atomic E-state index is 5.79. The van der Waals surface area contributed by atoms with E-state index in [9.17, 15) is 0 Å². The largest absolute Gasteiger partial charge is 0.399 e. The summed E-state index contributed by atoms with van der Waals surface area (Å²) in [6, 6.07) is 4.54. The quantitative estimate of drug-likeness (QED) is 0.889. The Balaban J connectivity index is 1.87. The summed E-state index contributed by atoms with van der Waals surface area (Å²) in [7, 11) is 2.21. The molecule has 3 heteroatoms. The van der Waals surface area contributed by atoms with Gasteiger partial charge in [0.2, 0.25) is 0 Å². The van der Waals surface area contributed by atoms with Gasteiger partial charge in [0.25, 0.3) is 0 Å². The van der Waals surface area contributed by atoms with Gasteiger partial charge >= 0.3 is 0 Å². The van der Waals surface area contributed by atoms with Gasteiger partial charge < -0.3 is 5.73 Å². The van der Waals surface area contributed by atoms with E-state index in [0.29, 0.717) is 0 Å². The summed E-state index contributed by atoms with van der Waals surface area (Å²) in [5.74, 6) is 0.958. The predicted octanol–water partition coefficient (Wildman–Crippen LogP) is 3.06. The fourth-order valence-corrected chi connectivity index (χ4v) is 2.96. The Kier molecular flexibility index (Phi) is 4.59. The molecule has 18 heavy (non-hydrogen) atoms. The van der Waals surface area contributed by atoms with Gasteiger partial charge in [-0.25, -0.2) is 0 Å². The number of nitrogen functional groups attached to an aromatic ring is 1. The summed E-state index contributed by atoms with van der Waals surface area (Å²) >= 11 is 0. The average molecular weight is 247 g/mol. The van der Waals surface area contributed by atoms with Crippen LogP contribution in [0.2, 0.25) is 0 Å². The van der Waals surface area contributed by atoms with E-state index in [1.807, 2.05) is 12.1 Å². The fraction of sp³-hybridized carbons (Fsp3) is 0.667. The van der Waals surface area contributed by atoms with Crippen molar-refractivity contribution >= 4 is 5.69 Å². The number of hydrogen-bond donors (Lipinski definition) is 1. The third kappa shape index (κ3) is 3.45. The molecule has 1 aromatic heterocycles.